The first kappa shape index (κ1) is 13.7. The van der Waals surface area contributed by atoms with Crippen LogP contribution in [0.3, 0.4) is 0 Å². The fourth-order valence-electron chi connectivity index (χ4n) is 3.59. The number of nitrogens with zero attached hydrogens (tertiary/aromatic N) is 2. The van der Waals surface area contributed by atoms with E-state index in [1.165, 1.54) is 62.5 Å². The largest absolute Gasteiger partial charge is 0.362 e. The lowest BCUT2D eigenvalue weighted by Gasteiger charge is -2.37. The lowest BCUT2D eigenvalue weighted by molar-refractivity contribution is 0.264. The molecule has 4 heteroatoms. The Morgan fingerprint density at radius 2 is 2.05 bits per heavy atom. The third-order valence-corrected chi connectivity index (χ3v) is 6.03. The predicted octanol–water partition coefficient (Wildman–Crippen LogP) is 2.72. The van der Waals surface area contributed by atoms with Gasteiger partial charge in [-0.2, -0.15) is 0 Å². The maximum atomic E-state index is 4.85. The molecule has 0 aromatic heterocycles. The second kappa shape index (κ2) is 6.49. The van der Waals surface area contributed by atoms with Gasteiger partial charge in [-0.15, -0.1) is 0 Å². The number of rotatable bonds is 3. The fourth-order valence-corrected chi connectivity index (χ4v) is 4.76. The summed E-state index contributed by atoms with van der Waals surface area (Å²) in [4.78, 5) is 7.43. The molecule has 1 N–H and O–H groups in total. The number of hydrogen-bond donors (Lipinski definition) is 1. The van der Waals surface area contributed by atoms with E-state index in [-0.39, 0.29) is 0 Å². The van der Waals surface area contributed by atoms with E-state index in [1.54, 1.807) is 0 Å². The molecule has 0 aromatic rings. The molecule has 19 heavy (non-hydrogen) atoms. The normalized spacial score (nSPS) is 35.9. The Kier molecular flexibility index (Phi) is 4.69. The highest BCUT2D eigenvalue weighted by Crippen LogP contribution is 2.31. The molecule has 0 aromatic carbocycles. The number of hydrogen-bond acceptors (Lipinski definition) is 3. The molecule has 0 bridgehead atoms. The van der Waals surface area contributed by atoms with Crippen LogP contribution in [0, 0.1) is 5.92 Å². The van der Waals surface area contributed by atoms with Crippen molar-refractivity contribution in [3.05, 3.63) is 0 Å². The van der Waals surface area contributed by atoms with E-state index in [9.17, 15) is 0 Å². The maximum absolute atomic E-state index is 4.85. The van der Waals surface area contributed by atoms with Crippen LogP contribution < -0.4 is 5.32 Å². The Hall–Kier alpha value is -0.220. The molecule has 3 rings (SSSR count). The molecule has 3 fully saturated rings. The van der Waals surface area contributed by atoms with Gasteiger partial charge >= 0.3 is 0 Å². The van der Waals surface area contributed by atoms with Gasteiger partial charge in [0.2, 0.25) is 0 Å². The van der Waals surface area contributed by atoms with Crippen LogP contribution >= 0.6 is 11.8 Å². The fraction of sp³-hybridized carbons (Fsp3) is 0.933. The summed E-state index contributed by atoms with van der Waals surface area (Å²) in [7, 11) is 0. The first-order valence-electron chi connectivity index (χ1n) is 8.01. The van der Waals surface area contributed by atoms with E-state index in [1.807, 2.05) is 11.8 Å². The van der Waals surface area contributed by atoms with Crippen molar-refractivity contribution in [1.82, 2.24) is 10.2 Å². The van der Waals surface area contributed by atoms with Crippen LogP contribution in [0.5, 0.6) is 0 Å². The lowest BCUT2D eigenvalue weighted by atomic mass is 9.86. The summed E-state index contributed by atoms with van der Waals surface area (Å²) >= 11 is 1.95. The lowest BCUT2D eigenvalue weighted by Crippen LogP contribution is -2.46. The maximum Gasteiger partial charge on any atom is 0.156 e. The van der Waals surface area contributed by atoms with E-state index in [0.717, 1.165) is 18.5 Å². The molecule has 0 amide bonds. The molecule has 3 aliphatic rings. The summed E-state index contributed by atoms with van der Waals surface area (Å²) in [5.41, 5.74) is 0. The van der Waals surface area contributed by atoms with Gasteiger partial charge < -0.3 is 5.32 Å². The molecule has 3 nitrogen and oxygen atoms in total. The highest BCUT2D eigenvalue weighted by molar-refractivity contribution is 8.13. The van der Waals surface area contributed by atoms with Crippen molar-refractivity contribution in [3.63, 3.8) is 0 Å². The Balaban J connectivity index is 1.49. The van der Waals surface area contributed by atoms with Crippen molar-refractivity contribution < 1.29 is 0 Å². The van der Waals surface area contributed by atoms with Crippen LogP contribution in [0.1, 0.15) is 45.4 Å². The van der Waals surface area contributed by atoms with Crippen LogP contribution in [0.4, 0.5) is 0 Å². The number of thioether (sulfide) groups is 1. The molecular formula is C15H27N3S. The smallest absolute Gasteiger partial charge is 0.156 e. The van der Waals surface area contributed by atoms with Gasteiger partial charge in [-0.05, 0) is 51.6 Å². The van der Waals surface area contributed by atoms with E-state index in [2.05, 4.69) is 17.1 Å². The summed E-state index contributed by atoms with van der Waals surface area (Å²) < 4.78 is 0. The van der Waals surface area contributed by atoms with Crippen LogP contribution in [0.2, 0.25) is 0 Å². The van der Waals surface area contributed by atoms with Crippen molar-refractivity contribution in [2.24, 2.45) is 10.9 Å². The summed E-state index contributed by atoms with van der Waals surface area (Å²) in [6.45, 7) is 5.84. The number of aliphatic imine (C=N–C) groups is 1. The zero-order valence-corrected chi connectivity index (χ0v) is 12.9. The van der Waals surface area contributed by atoms with E-state index in [0.29, 0.717) is 6.04 Å². The van der Waals surface area contributed by atoms with Crippen LogP contribution in [-0.2, 0) is 0 Å². The molecule has 2 saturated heterocycles. The molecule has 2 heterocycles. The van der Waals surface area contributed by atoms with Crippen molar-refractivity contribution in [3.8, 4) is 0 Å². The third-order valence-electron chi connectivity index (χ3n) is 4.92. The molecule has 108 valence electrons. The monoisotopic (exact) mass is 281 g/mol. The van der Waals surface area contributed by atoms with Gasteiger partial charge in [0.25, 0.3) is 0 Å². The number of amidine groups is 1. The zero-order chi connectivity index (χ0) is 13.1. The Labute approximate surface area is 121 Å². The standard InChI is InChI=1S/C15H27N3S/c1-12(18-8-4-5-9-18)10-16-15-17-14-7-3-2-6-13(14)11-19-15/h12-14H,2-11H2,1H3,(H,16,17). The molecular weight excluding hydrogens is 254 g/mol. The second-order valence-electron chi connectivity index (χ2n) is 6.34. The minimum atomic E-state index is 0.612. The average Bonchev–Trinajstić information content (AvgIpc) is 2.99. The summed E-state index contributed by atoms with van der Waals surface area (Å²) in [5.74, 6) is 2.18. The predicted molar refractivity (Wildman–Crippen MR) is 83.9 cm³/mol. The Morgan fingerprint density at radius 3 is 2.89 bits per heavy atom. The molecule has 2 aliphatic heterocycles. The topological polar surface area (TPSA) is 27.6 Å². The first-order chi connectivity index (χ1) is 9.33. The average molecular weight is 281 g/mol. The highest BCUT2D eigenvalue weighted by atomic mass is 32.2. The third kappa shape index (κ3) is 3.46. The zero-order valence-electron chi connectivity index (χ0n) is 12.1. The van der Waals surface area contributed by atoms with Gasteiger partial charge in [-0.3, -0.25) is 9.89 Å². The van der Waals surface area contributed by atoms with Crippen LogP contribution in [0.25, 0.3) is 0 Å². The second-order valence-corrected chi connectivity index (χ2v) is 7.35. The molecule has 3 unspecified atom stereocenters. The molecule has 1 saturated carbocycles. The number of likely N-dealkylation sites (tertiary alicyclic amines) is 1. The quantitative estimate of drug-likeness (QED) is 0.862. The SMILES string of the molecule is CC(CN=C1NC2CCCCC2CS1)N1CCCC1. The van der Waals surface area contributed by atoms with Gasteiger partial charge in [0.1, 0.15) is 0 Å². The first-order valence-corrected chi connectivity index (χ1v) is 8.99. The van der Waals surface area contributed by atoms with Crippen molar-refractivity contribution in [2.45, 2.75) is 57.5 Å². The minimum Gasteiger partial charge on any atom is -0.362 e. The molecule has 3 atom stereocenters. The Bertz CT molecular complexity index is 325. The van der Waals surface area contributed by atoms with Gasteiger partial charge in [-0.25, -0.2) is 0 Å². The Morgan fingerprint density at radius 1 is 1.26 bits per heavy atom. The number of fused-ring (bicyclic) bond motifs is 1. The molecule has 0 radical (unpaired) electrons. The van der Waals surface area contributed by atoms with Crippen LogP contribution in [0.15, 0.2) is 4.99 Å². The summed E-state index contributed by atoms with van der Waals surface area (Å²) in [6, 6.07) is 1.33. The van der Waals surface area contributed by atoms with Crippen molar-refractivity contribution in [2.75, 3.05) is 25.4 Å². The highest BCUT2D eigenvalue weighted by Gasteiger charge is 2.30. The summed E-state index contributed by atoms with van der Waals surface area (Å²) in [5, 5.41) is 4.91. The molecule has 0 spiro atoms. The van der Waals surface area contributed by atoms with Gasteiger partial charge in [0.15, 0.2) is 5.17 Å². The van der Waals surface area contributed by atoms with Crippen molar-refractivity contribution >= 4 is 16.9 Å². The van der Waals surface area contributed by atoms with Crippen LogP contribution in [-0.4, -0.2) is 47.5 Å². The summed E-state index contributed by atoms with van der Waals surface area (Å²) in [6.07, 6.45) is 8.35. The molecule has 1 aliphatic carbocycles. The van der Waals surface area contributed by atoms with E-state index >= 15 is 0 Å². The number of nitrogens with one attached hydrogen (secondary N) is 1. The van der Waals surface area contributed by atoms with E-state index in [4.69, 9.17) is 4.99 Å². The van der Waals surface area contributed by atoms with Gasteiger partial charge in [-0.1, -0.05) is 24.6 Å². The van der Waals surface area contributed by atoms with Gasteiger partial charge in [0.05, 0.1) is 6.54 Å². The van der Waals surface area contributed by atoms with Gasteiger partial charge in [0, 0.05) is 17.8 Å². The van der Waals surface area contributed by atoms with E-state index < -0.39 is 0 Å². The van der Waals surface area contributed by atoms with Crippen molar-refractivity contribution in [1.29, 1.82) is 0 Å². The minimum absolute atomic E-state index is 0.612.